The van der Waals surface area contributed by atoms with E-state index in [1.165, 1.54) is 5.52 Å². The van der Waals surface area contributed by atoms with Crippen molar-refractivity contribution in [2.24, 2.45) is 0 Å². The largest absolute Gasteiger partial charge is 0.492 e. The van der Waals surface area contributed by atoms with Crippen molar-refractivity contribution in [3.05, 3.63) is 59.4 Å². The Morgan fingerprint density at radius 1 is 0.966 bits per heavy atom. The van der Waals surface area contributed by atoms with Crippen molar-refractivity contribution >= 4 is 22.6 Å². The maximum absolute atomic E-state index is 6.18. The quantitative estimate of drug-likeness (QED) is 0.487. The van der Waals surface area contributed by atoms with Crippen molar-refractivity contribution in [2.45, 2.75) is 25.8 Å². The van der Waals surface area contributed by atoms with Crippen LogP contribution in [0.25, 0.3) is 11.0 Å². The Morgan fingerprint density at radius 2 is 1.76 bits per heavy atom. The van der Waals surface area contributed by atoms with E-state index in [1.54, 1.807) is 0 Å². The summed E-state index contributed by atoms with van der Waals surface area (Å²) < 4.78 is 13.7. The van der Waals surface area contributed by atoms with Gasteiger partial charge in [-0.15, -0.1) is 0 Å². The molecule has 3 aromatic rings. The molecule has 6 heteroatoms. The second-order valence-electron chi connectivity index (χ2n) is 7.36. The lowest BCUT2D eigenvalue weighted by Gasteiger charge is -2.26. The van der Waals surface area contributed by atoms with Crippen LogP contribution in [0.1, 0.15) is 18.7 Å². The van der Waals surface area contributed by atoms with Gasteiger partial charge >= 0.3 is 0 Å². The van der Waals surface area contributed by atoms with E-state index < -0.39 is 0 Å². The number of hydrogen-bond acceptors (Lipinski definition) is 4. The molecular formula is C23H28ClN3O2. The number of hydrogen-bond donors (Lipinski definition) is 0. The Labute approximate surface area is 177 Å². The Bertz CT molecular complexity index is 921. The zero-order chi connectivity index (χ0) is 19.9. The minimum atomic E-state index is 0.628. The van der Waals surface area contributed by atoms with E-state index in [0.717, 1.165) is 75.7 Å². The molecule has 0 saturated carbocycles. The van der Waals surface area contributed by atoms with Gasteiger partial charge in [-0.1, -0.05) is 35.9 Å². The third kappa shape index (κ3) is 5.30. The molecule has 1 aliphatic rings. The van der Waals surface area contributed by atoms with Gasteiger partial charge in [-0.05, 0) is 43.7 Å². The van der Waals surface area contributed by atoms with Gasteiger partial charge in [0.1, 0.15) is 11.6 Å². The number of aromatic nitrogens is 2. The Morgan fingerprint density at radius 3 is 2.62 bits per heavy atom. The van der Waals surface area contributed by atoms with Crippen LogP contribution in [0.15, 0.2) is 48.5 Å². The molecule has 2 heterocycles. The lowest BCUT2D eigenvalue weighted by atomic mass is 10.2. The molecule has 1 saturated heterocycles. The fourth-order valence-electron chi connectivity index (χ4n) is 3.82. The lowest BCUT2D eigenvalue weighted by molar-refractivity contribution is 0.0374. The normalized spacial score (nSPS) is 15.1. The summed E-state index contributed by atoms with van der Waals surface area (Å²) in [6, 6.07) is 16.0. The zero-order valence-corrected chi connectivity index (χ0v) is 17.5. The number of rotatable bonds is 9. The molecule has 0 spiro atoms. The van der Waals surface area contributed by atoms with E-state index in [-0.39, 0.29) is 0 Å². The van der Waals surface area contributed by atoms with E-state index in [9.17, 15) is 0 Å². The highest BCUT2D eigenvalue weighted by Gasteiger charge is 2.13. The summed E-state index contributed by atoms with van der Waals surface area (Å²) in [6.07, 6.45) is 3.00. The van der Waals surface area contributed by atoms with Crippen LogP contribution in [-0.4, -0.2) is 53.9 Å². The zero-order valence-electron chi connectivity index (χ0n) is 16.7. The van der Waals surface area contributed by atoms with Crippen molar-refractivity contribution in [1.29, 1.82) is 0 Å². The molecule has 4 rings (SSSR count). The third-order valence-corrected chi connectivity index (χ3v) is 5.64. The third-order valence-electron chi connectivity index (χ3n) is 5.33. The fourth-order valence-corrected chi connectivity index (χ4v) is 4.01. The van der Waals surface area contributed by atoms with Gasteiger partial charge in [-0.2, -0.15) is 0 Å². The fraction of sp³-hybridized carbons (Fsp3) is 0.435. The van der Waals surface area contributed by atoms with Gasteiger partial charge in [0.05, 0.1) is 35.9 Å². The molecule has 154 valence electrons. The second-order valence-corrected chi connectivity index (χ2v) is 7.77. The molecule has 5 nitrogen and oxygen atoms in total. The van der Waals surface area contributed by atoms with Crippen molar-refractivity contribution < 1.29 is 9.47 Å². The number of aryl methyl sites for hydroxylation is 2. The summed E-state index contributed by atoms with van der Waals surface area (Å²) in [6.45, 7) is 6.39. The first-order chi connectivity index (χ1) is 14.3. The van der Waals surface area contributed by atoms with E-state index in [1.807, 2.05) is 24.3 Å². The summed E-state index contributed by atoms with van der Waals surface area (Å²) in [4.78, 5) is 7.38. The van der Waals surface area contributed by atoms with Crippen LogP contribution in [0.2, 0.25) is 5.02 Å². The Kier molecular flexibility index (Phi) is 7.04. The number of ether oxygens (including phenoxy) is 2. The van der Waals surface area contributed by atoms with Gasteiger partial charge in [0.25, 0.3) is 0 Å². The van der Waals surface area contributed by atoms with Crippen molar-refractivity contribution in [1.82, 2.24) is 14.5 Å². The van der Waals surface area contributed by atoms with Gasteiger partial charge in [-0.25, -0.2) is 4.98 Å². The van der Waals surface area contributed by atoms with E-state index in [4.69, 9.17) is 26.1 Å². The van der Waals surface area contributed by atoms with Crippen molar-refractivity contribution in [3.8, 4) is 5.75 Å². The SMILES string of the molecule is Clc1ccccc1OCCCn1c(CCCN2CCOCC2)nc2ccccc21. The van der Waals surface area contributed by atoms with E-state index in [2.05, 4.69) is 33.7 Å². The molecule has 0 radical (unpaired) electrons. The van der Waals surface area contributed by atoms with Crippen LogP contribution in [0, 0.1) is 0 Å². The van der Waals surface area contributed by atoms with Crippen LogP contribution >= 0.6 is 11.6 Å². The van der Waals surface area contributed by atoms with E-state index >= 15 is 0 Å². The van der Waals surface area contributed by atoms with Gasteiger partial charge in [0, 0.05) is 26.1 Å². The second kappa shape index (κ2) is 10.1. The van der Waals surface area contributed by atoms with Crippen LogP contribution in [0.4, 0.5) is 0 Å². The van der Waals surface area contributed by atoms with Crippen molar-refractivity contribution in [3.63, 3.8) is 0 Å². The highest BCUT2D eigenvalue weighted by Crippen LogP contribution is 2.23. The molecule has 0 atom stereocenters. The van der Waals surface area contributed by atoms with E-state index in [0.29, 0.717) is 11.6 Å². The monoisotopic (exact) mass is 413 g/mol. The summed E-state index contributed by atoms with van der Waals surface area (Å²) >= 11 is 6.18. The average Bonchev–Trinajstić information content (AvgIpc) is 3.10. The summed E-state index contributed by atoms with van der Waals surface area (Å²) in [5.74, 6) is 1.91. The molecule has 0 bridgehead atoms. The highest BCUT2D eigenvalue weighted by molar-refractivity contribution is 6.32. The average molecular weight is 414 g/mol. The van der Waals surface area contributed by atoms with Gasteiger partial charge in [0.15, 0.2) is 0 Å². The molecule has 1 aromatic heterocycles. The van der Waals surface area contributed by atoms with Crippen molar-refractivity contribution in [2.75, 3.05) is 39.5 Å². The predicted molar refractivity (Wildman–Crippen MR) is 117 cm³/mol. The first-order valence-electron chi connectivity index (χ1n) is 10.4. The Balaban J connectivity index is 1.36. The maximum atomic E-state index is 6.18. The number of halogens is 1. The number of fused-ring (bicyclic) bond motifs is 1. The smallest absolute Gasteiger partial charge is 0.137 e. The molecular weight excluding hydrogens is 386 g/mol. The summed E-state index contributed by atoms with van der Waals surface area (Å²) in [5, 5.41) is 0.657. The minimum Gasteiger partial charge on any atom is -0.492 e. The Hall–Kier alpha value is -2.08. The number of morpholine rings is 1. The first kappa shape index (κ1) is 20.2. The standard InChI is InChI=1S/C23H28ClN3O2/c24-19-7-1-4-10-22(19)29-16-6-13-27-21-9-3-2-8-20(21)25-23(27)11-5-12-26-14-17-28-18-15-26/h1-4,7-10H,5-6,11-18H2. The lowest BCUT2D eigenvalue weighted by Crippen LogP contribution is -2.37. The first-order valence-corrected chi connectivity index (χ1v) is 10.8. The number of nitrogens with zero attached hydrogens (tertiary/aromatic N) is 3. The van der Waals surface area contributed by atoms with Crippen LogP contribution in [0.5, 0.6) is 5.75 Å². The van der Waals surface area contributed by atoms with Gasteiger partial charge in [-0.3, -0.25) is 4.90 Å². The highest BCUT2D eigenvalue weighted by atomic mass is 35.5. The molecule has 29 heavy (non-hydrogen) atoms. The van der Waals surface area contributed by atoms with Crippen LogP contribution in [0.3, 0.4) is 0 Å². The van der Waals surface area contributed by atoms with Gasteiger partial charge < -0.3 is 14.0 Å². The molecule has 0 amide bonds. The molecule has 0 N–H and O–H groups in total. The van der Waals surface area contributed by atoms with Crippen LogP contribution in [-0.2, 0) is 17.7 Å². The number of para-hydroxylation sites is 3. The van der Waals surface area contributed by atoms with Gasteiger partial charge in [0.2, 0.25) is 0 Å². The predicted octanol–water partition coefficient (Wildman–Crippen LogP) is 4.42. The summed E-state index contributed by atoms with van der Waals surface area (Å²) in [5.41, 5.74) is 2.27. The minimum absolute atomic E-state index is 0.628. The maximum Gasteiger partial charge on any atom is 0.137 e. The molecule has 1 fully saturated rings. The summed E-state index contributed by atoms with van der Waals surface area (Å²) in [7, 11) is 0. The molecule has 2 aromatic carbocycles. The van der Waals surface area contributed by atoms with Crippen LogP contribution < -0.4 is 4.74 Å². The molecule has 0 aliphatic carbocycles. The number of benzene rings is 2. The molecule has 0 unspecified atom stereocenters. The molecule has 1 aliphatic heterocycles. The topological polar surface area (TPSA) is 39.5 Å². The number of imidazole rings is 1.